The van der Waals surface area contributed by atoms with E-state index in [1.165, 1.54) is 36.8 Å². The molecular weight excluding hydrogens is 232 g/mol. The number of nitrogens with one attached hydrogen (secondary N) is 1. The number of hydrogen-bond donors (Lipinski definition) is 2. The van der Waals surface area contributed by atoms with Gasteiger partial charge in [0.15, 0.2) is 0 Å². The maximum atomic E-state index is 5.86. The minimum absolute atomic E-state index is 0.386. The predicted molar refractivity (Wildman–Crippen MR) is 81.7 cm³/mol. The van der Waals surface area contributed by atoms with E-state index in [0.717, 1.165) is 6.42 Å². The van der Waals surface area contributed by atoms with Gasteiger partial charge in [-0.05, 0) is 43.1 Å². The Morgan fingerprint density at radius 3 is 2.79 bits per heavy atom. The second-order valence-electron chi connectivity index (χ2n) is 6.81. The van der Waals surface area contributed by atoms with Crippen LogP contribution in [0, 0.1) is 18.3 Å². The zero-order valence-corrected chi connectivity index (χ0v) is 12.6. The highest BCUT2D eigenvalue weighted by molar-refractivity contribution is 5.23. The summed E-state index contributed by atoms with van der Waals surface area (Å²) in [5, 5.41) is 0. The quantitative estimate of drug-likeness (QED) is 0.641. The molecule has 0 bridgehead atoms. The van der Waals surface area contributed by atoms with Crippen LogP contribution in [0.4, 0.5) is 0 Å². The molecule has 1 saturated carbocycles. The molecular formula is C17H28N2. The molecule has 2 heteroatoms. The Bertz CT molecular complexity index is 411. The van der Waals surface area contributed by atoms with E-state index in [1.54, 1.807) is 0 Å². The molecule has 1 aliphatic rings. The normalized spacial score (nSPS) is 24.1. The van der Waals surface area contributed by atoms with Crippen molar-refractivity contribution >= 4 is 0 Å². The second-order valence-corrected chi connectivity index (χ2v) is 6.81. The van der Waals surface area contributed by atoms with Crippen LogP contribution in [-0.4, -0.2) is 6.04 Å². The molecule has 0 saturated heterocycles. The molecule has 1 aromatic rings. The lowest BCUT2D eigenvalue weighted by atomic mass is 9.65. The Labute approximate surface area is 117 Å². The zero-order valence-electron chi connectivity index (χ0n) is 12.6. The number of hydrogen-bond acceptors (Lipinski definition) is 2. The van der Waals surface area contributed by atoms with Crippen molar-refractivity contribution in [2.75, 3.05) is 0 Å². The van der Waals surface area contributed by atoms with Gasteiger partial charge < -0.3 is 0 Å². The Hall–Kier alpha value is -0.860. The first-order valence-electron chi connectivity index (χ1n) is 7.54. The third kappa shape index (κ3) is 3.58. The molecule has 2 rings (SSSR count). The molecule has 0 spiro atoms. The van der Waals surface area contributed by atoms with Crippen LogP contribution in [0.1, 0.15) is 50.7 Å². The molecule has 3 N–H and O–H groups in total. The van der Waals surface area contributed by atoms with Gasteiger partial charge in [-0.25, -0.2) is 0 Å². The summed E-state index contributed by atoms with van der Waals surface area (Å²) in [7, 11) is 0. The van der Waals surface area contributed by atoms with Crippen LogP contribution in [0.2, 0.25) is 0 Å². The first kappa shape index (κ1) is 14.5. The summed E-state index contributed by atoms with van der Waals surface area (Å²) in [6.45, 7) is 6.95. The van der Waals surface area contributed by atoms with Gasteiger partial charge in [0, 0.05) is 6.04 Å². The largest absolute Gasteiger partial charge is 0.271 e. The van der Waals surface area contributed by atoms with E-state index in [0.29, 0.717) is 17.4 Å². The minimum atomic E-state index is 0.386. The van der Waals surface area contributed by atoms with E-state index in [-0.39, 0.29) is 0 Å². The summed E-state index contributed by atoms with van der Waals surface area (Å²) >= 11 is 0. The summed E-state index contributed by atoms with van der Waals surface area (Å²) in [5.41, 5.74) is 6.22. The van der Waals surface area contributed by atoms with Crippen LogP contribution >= 0.6 is 0 Å². The molecule has 0 heterocycles. The van der Waals surface area contributed by atoms with E-state index in [4.69, 9.17) is 5.84 Å². The summed E-state index contributed by atoms with van der Waals surface area (Å²) in [4.78, 5) is 0. The SMILES string of the molecule is Cc1cccc(CC(NN)C2CCCCC2(C)C)c1. The average Bonchev–Trinajstić information content (AvgIpc) is 2.36. The van der Waals surface area contributed by atoms with Gasteiger partial charge in [-0.1, -0.05) is 56.5 Å². The van der Waals surface area contributed by atoms with E-state index >= 15 is 0 Å². The van der Waals surface area contributed by atoms with Gasteiger partial charge in [0.05, 0.1) is 0 Å². The molecule has 106 valence electrons. The van der Waals surface area contributed by atoms with Crippen molar-refractivity contribution in [2.24, 2.45) is 17.2 Å². The predicted octanol–water partition coefficient (Wildman–Crippen LogP) is 3.59. The molecule has 1 aliphatic carbocycles. The fourth-order valence-corrected chi connectivity index (χ4v) is 3.68. The number of aryl methyl sites for hydroxylation is 1. The van der Waals surface area contributed by atoms with E-state index in [2.05, 4.69) is 50.5 Å². The van der Waals surface area contributed by atoms with Crippen molar-refractivity contribution in [2.45, 2.75) is 58.9 Å². The maximum absolute atomic E-state index is 5.86. The van der Waals surface area contributed by atoms with Crippen molar-refractivity contribution < 1.29 is 0 Å². The monoisotopic (exact) mass is 260 g/mol. The third-order valence-electron chi connectivity index (χ3n) is 4.83. The molecule has 1 fully saturated rings. The van der Waals surface area contributed by atoms with Crippen LogP contribution in [0.15, 0.2) is 24.3 Å². The first-order valence-corrected chi connectivity index (χ1v) is 7.54. The molecule has 2 nitrogen and oxygen atoms in total. The van der Waals surface area contributed by atoms with Crippen LogP contribution in [-0.2, 0) is 6.42 Å². The van der Waals surface area contributed by atoms with Gasteiger partial charge in [-0.15, -0.1) is 0 Å². The lowest BCUT2D eigenvalue weighted by Crippen LogP contribution is -2.48. The maximum Gasteiger partial charge on any atom is 0.0284 e. The lowest BCUT2D eigenvalue weighted by molar-refractivity contribution is 0.0982. The highest BCUT2D eigenvalue weighted by Gasteiger charge is 2.37. The average molecular weight is 260 g/mol. The lowest BCUT2D eigenvalue weighted by Gasteiger charge is -2.43. The number of rotatable bonds is 4. The van der Waals surface area contributed by atoms with Gasteiger partial charge in [0.2, 0.25) is 0 Å². The Kier molecular flexibility index (Phi) is 4.64. The van der Waals surface area contributed by atoms with Crippen molar-refractivity contribution in [3.8, 4) is 0 Å². The van der Waals surface area contributed by atoms with Crippen LogP contribution in [0.25, 0.3) is 0 Å². The Morgan fingerprint density at radius 2 is 2.16 bits per heavy atom. The molecule has 1 aromatic carbocycles. The summed E-state index contributed by atoms with van der Waals surface area (Å²) in [6, 6.07) is 9.17. The van der Waals surface area contributed by atoms with Crippen LogP contribution in [0.5, 0.6) is 0 Å². The van der Waals surface area contributed by atoms with Gasteiger partial charge in [-0.3, -0.25) is 11.3 Å². The van der Waals surface area contributed by atoms with Crippen LogP contribution < -0.4 is 11.3 Å². The smallest absolute Gasteiger partial charge is 0.0284 e. The molecule has 2 atom stereocenters. The molecule has 0 aliphatic heterocycles. The fourth-order valence-electron chi connectivity index (χ4n) is 3.68. The topological polar surface area (TPSA) is 38.0 Å². The third-order valence-corrected chi connectivity index (χ3v) is 4.83. The van der Waals surface area contributed by atoms with Crippen molar-refractivity contribution in [1.82, 2.24) is 5.43 Å². The van der Waals surface area contributed by atoms with Crippen molar-refractivity contribution in [3.05, 3.63) is 35.4 Å². The van der Waals surface area contributed by atoms with Crippen molar-refractivity contribution in [1.29, 1.82) is 0 Å². The minimum Gasteiger partial charge on any atom is -0.271 e. The molecule has 0 amide bonds. The molecule has 0 aromatic heterocycles. The van der Waals surface area contributed by atoms with Gasteiger partial charge in [0.1, 0.15) is 0 Å². The first-order chi connectivity index (χ1) is 9.03. The summed E-state index contributed by atoms with van der Waals surface area (Å²) in [5.74, 6) is 6.53. The van der Waals surface area contributed by atoms with E-state index in [9.17, 15) is 0 Å². The summed E-state index contributed by atoms with van der Waals surface area (Å²) < 4.78 is 0. The standard InChI is InChI=1S/C17H28N2/c1-13-7-6-8-14(11-13)12-16(19-18)15-9-4-5-10-17(15,2)3/h6-8,11,15-16,19H,4-5,9-10,12,18H2,1-3H3. The van der Waals surface area contributed by atoms with Gasteiger partial charge in [0.25, 0.3) is 0 Å². The van der Waals surface area contributed by atoms with E-state index in [1.807, 2.05) is 0 Å². The number of nitrogens with two attached hydrogens (primary N) is 1. The highest BCUT2D eigenvalue weighted by atomic mass is 15.2. The summed E-state index contributed by atoms with van der Waals surface area (Å²) in [6.07, 6.45) is 6.37. The molecule has 2 unspecified atom stereocenters. The van der Waals surface area contributed by atoms with Crippen molar-refractivity contribution in [3.63, 3.8) is 0 Å². The van der Waals surface area contributed by atoms with Crippen LogP contribution in [0.3, 0.4) is 0 Å². The molecule has 0 radical (unpaired) electrons. The fraction of sp³-hybridized carbons (Fsp3) is 0.647. The van der Waals surface area contributed by atoms with Gasteiger partial charge in [-0.2, -0.15) is 0 Å². The molecule has 19 heavy (non-hydrogen) atoms. The zero-order chi connectivity index (χ0) is 13.9. The second kappa shape index (κ2) is 6.06. The number of benzene rings is 1. The Morgan fingerprint density at radius 1 is 1.37 bits per heavy atom. The highest BCUT2D eigenvalue weighted by Crippen LogP contribution is 2.42. The number of hydrazine groups is 1. The van der Waals surface area contributed by atoms with Gasteiger partial charge >= 0.3 is 0 Å². The Balaban J connectivity index is 2.11. The van der Waals surface area contributed by atoms with E-state index < -0.39 is 0 Å².